The topological polar surface area (TPSA) is 119 Å². The first-order valence-corrected chi connectivity index (χ1v) is 5.77. The van der Waals surface area contributed by atoms with Crippen LogP contribution in [0.5, 0.6) is 5.75 Å². The molecule has 0 amide bonds. The van der Waals surface area contributed by atoms with Crippen molar-refractivity contribution < 1.29 is 29.4 Å². The van der Waals surface area contributed by atoms with Gasteiger partial charge < -0.3 is 19.7 Å². The average molecular weight is 285 g/mol. The standard InChI is InChI=1S/C12H15NO7/c1-3-20-12(16)11(15)10(14)8-5-4-7(19-2)6-9(8)13(17)18/h4-6,10-11,14-15H,3H2,1-2H3/t10-,11+/m1/s1. The minimum atomic E-state index is -1.90. The van der Waals surface area contributed by atoms with E-state index in [9.17, 15) is 25.1 Å². The lowest BCUT2D eigenvalue weighted by molar-refractivity contribution is -0.386. The number of aliphatic hydroxyl groups is 2. The number of nitro benzene ring substituents is 1. The zero-order valence-corrected chi connectivity index (χ0v) is 11.0. The Bertz CT molecular complexity index is 503. The van der Waals surface area contributed by atoms with Gasteiger partial charge in [0.05, 0.1) is 30.3 Å². The summed E-state index contributed by atoms with van der Waals surface area (Å²) in [6, 6.07) is 3.68. The molecule has 2 N–H and O–H groups in total. The Balaban J connectivity index is 3.11. The van der Waals surface area contributed by atoms with Crippen LogP contribution in [0.25, 0.3) is 0 Å². The number of benzene rings is 1. The van der Waals surface area contributed by atoms with Crippen LogP contribution in [0.15, 0.2) is 18.2 Å². The van der Waals surface area contributed by atoms with Gasteiger partial charge in [0, 0.05) is 0 Å². The molecule has 110 valence electrons. The minimum Gasteiger partial charge on any atom is -0.497 e. The molecule has 0 saturated heterocycles. The van der Waals surface area contributed by atoms with Crippen LogP contribution in [0.2, 0.25) is 0 Å². The van der Waals surface area contributed by atoms with Crippen molar-refractivity contribution in [1.82, 2.24) is 0 Å². The molecule has 1 rings (SSSR count). The molecule has 0 aliphatic heterocycles. The number of esters is 1. The maximum absolute atomic E-state index is 11.3. The van der Waals surface area contributed by atoms with Crippen LogP contribution in [-0.4, -0.2) is 40.9 Å². The molecule has 0 saturated carbocycles. The zero-order valence-electron chi connectivity index (χ0n) is 11.0. The summed E-state index contributed by atoms with van der Waals surface area (Å²) in [6.07, 6.45) is -3.66. The molecular weight excluding hydrogens is 270 g/mol. The van der Waals surface area contributed by atoms with Gasteiger partial charge in [-0.1, -0.05) is 0 Å². The maximum atomic E-state index is 11.3. The number of carbonyl (C=O) groups excluding carboxylic acids is 1. The Labute approximate surface area is 114 Å². The third-order valence-corrected chi connectivity index (χ3v) is 2.58. The Morgan fingerprint density at radius 2 is 2.10 bits per heavy atom. The lowest BCUT2D eigenvalue weighted by atomic mass is 10.0. The monoisotopic (exact) mass is 285 g/mol. The van der Waals surface area contributed by atoms with Crippen LogP contribution in [0, 0.1) is 10.1 Å². The van der Waals surface area contributed by atoms with Crippen LogP contribution >= 0.6 is 0 Å². The SMILES string of the molecule is CCOC(=O)[C@@H](O)[C@H](O)c1ccc(OC)cc1[N+](=O)[O-]. The molecule has 0 spiro atoms. The van der Waals surface area contributed by atoms with E-state index in [-0.39, 0.29) is 17.9 Å². The normalized spacial score (nSPS) is 13.4. The molecule has 8 heteroatoms. The van der Waals surface area contributed by atoms with Crippen molar-refractivity contribution in [2.45, 2.75) is 19.1 Å². The summed E-state index contributed by atoms with van der Waals surface area (Å²) in [5, 5.41) is 30.5. The van der Waals surface area contributed by atoms with Gasteiger partial charge in [0.1, 0.15) is 11.9 Å². The highest BCUT2D eigenvalue weighted by Gasteiger charge is 2.32. The molecule has 20 heavy (non-hydrogen) atoms. The Kier molecular flexibility index (Phi) is 5.42. The summed E-state index contributed by atoms with van der Waals surface area (Å²) in [6.45, 7) is 1.56. The van der Waals surface area contributed by atoms with Gasteiger partial charge in [0.15, 0.2) is 6.10 Å². The Hall–Kier alpha value is -2.19. The molecule has 1 aromatic rings. The Morgan fingerprint density at radius 3 is 2.60 bits per heavy atom. The summed E-state index contributed by atoms with van der Waals surface area (Å²) in [5.74, 6) is -0.830. The first-order valence-electron chi connectivity index (χ1n) is 5.77. The average Bonchev–Trinajstić information content (AvgIpc) is 2.45. The third kappa shape index (κ3) is 3.43. The van der Waals surface area contributed by atoms with Crippen LogP contribution < -0.4 is 4.74 Å². The fraction of sp³-hybridized carbons (Fsp3) is 0.417. The number of aliphatic hydroxyl groups excluding tert-OH is 2. The maximum Gasteiger partial charge on any atom is 0.338 e. The van der Waals surface area contributed by atoms with E-state index in [1.54, 1.807) is 0 Å². The number of rotatable bonds is 6. The second-order valence-electron chi connectivity index (χ2n) is 3.82. The minimum absolute atomic E-state index is 0.0211. The van der Waals surface area contributed by atoms with E-state index >= 15 is 0 Å². The highest BCUT2D eigenvalue weighted by molar-refractivity contribution is 5.75. The molecule has 0 aliphatic carbocycles. The number of nitrogens with zero attached hydrogens (tertiary/aromatic N) is 1. The van der Waals surface area contributed by atoms with Crippen molar-refractivity contribution in [1.29, 1.82) is 0 Å². The van der Waals surface area contributed by atoms with Gasteiger partial charge in [0.2, 0.25) is 0 Å². The van der Waals surface area contributed by atoms with Crippen molar-refractivity contribution in [2.24, 2.45) is 0 Å². The van der Waals surface area contributed by atoms with E-state index in [2.05, 4.69) is 4.74 Å². The van der Waals surface area contributed by atoms with Crippen LogP contribution in [-0.2, 0) is 9.53 Å². The van der Waals surface area contributed by atoms with Gasteiger partial charge in [-0.05, 0) is 19.1 Å². The molecule has 0 fully saturated rings. The molecule has 8 nitrogen and oxygen atoms in total. The second-order valence-corrected chi connectivity index (χ2v) is 3.82. The fourth-order valence-electron chi connectivity index (χ4n) is 1.59. The summed E-state index contributed by atoms with van der Waals surface area (Å²) in [7, 11) is 1.34. The molecule has 0 bridgehead atoms. The van der Waals surface area contributed by atoms with Gasteiger partial charge in [-0.15, -0.1) is 0 Å². The third-order valence-electron chi connectivity index (χ3n) is 2.58. The van der Waals surface area contributed by atoms with E-state index in [0.29, 0.717) is 0 Å². The van der Waals surface area contributed by atoms with E-state index in [1.807, 2.05) is 0 Å². The molecule has 0 aliphatic rings. The predicted molar refractivity (Wildman–Crippen MR) is 67.2 cm³/mol. The predicted octanol–water partition coefficient (Wildman–Crippen LogP) is 0.561. The molecular formula is C12H15NO7. The van der Waals surface area contributed by atoms with Crippen molar-refractivity contribution in [2.75, 3.05) is 13.7 Å². The lowest BCUT2D eigenvalue weighted by Gasteiger charge is -2.17. The largest absolute Gasteiger partial charge is 0.497 e. The quantitative estimate of drug-likeness (QED) is 0.445. The van der Waals surface area contributed by atoms with Crippen molar-refractivity contribution >= 4 is 11.7 Å². The molecule has 0 unspecified atom stereocenters. The number of hydrogen-bond donors (Lipinski definition) is 2. The van der Waals surface area contributed by atoms with E-state index < -0.39 is 28.8 Å². The first-order chi connectivity index (χ1) is 9.42. The molecule has 0 radical (unpaired) electrons. The zero-order chi connectivity index (χ0) is 15.3. The van der Waals surface area contributed by atoms with Crippen molar-refractivity contribution in [3.05, 3.63) is 33.9 Å². The van der Waals surface area contributed by atoms with Crippen LogP contribution in [0.1, 0.15) is 18.6 Å². The van der Waals surface area contributed by atoms with Crippen LogP contribution in [0.3, 0.4) is 0 Å². The van der Waals surface area contributed by atoms with Gasteiger partial charge in [-0.2, -0.15) is 0 Å². The van der Waals surface area contributed by atoms with Crippen molar-refractivity contribution in [3.8, 4) is 5.75 Å². The number of ether oxygens (including phenoxy) is 2. The summed E-state index contributed by atoms with van der Waals surface area (Å²) in [5.41, 5.74) is -0.656. The summed E-state index contributed by atoms with van der Waals surface area (Å²) >= 11 is 0. The molecule has 0 heterocycles. The van der Waals surface area contributed by atoms with Gasteiger partial charge in [0.25, 0.3) is 5.69 Å². The first kappa shape index (κ1) is 15.9. The van der Waals surface area contributed by atoms with Crippen molar-refractivity contribution in [3.63, 3.8) is 0 Å². The van der Waals surface area contributed by atoms with Gasteiger partial charge >= 0.3 is 5.97 Å². The Morgan fingerprint density at radius 1 is 1.45 bits per heavy atom. The number of nitro groups is 1. The van der Waals surface area contributed by atoms with E-state index in [1.165, 1.54) is 26.2 Å². The van der Waals surface area contributed by atoms with Gasteiger partial charge in [-0.3, -0.25) is 10.1 Å². The number of carbonyl (C=O) groups is 1. The van der Waals surface area contributed by atoms with Crippen LogP contribution in [0.4, 0.5) is 5.69 Å². The summed E-state index contributed by atoms with van der Waals surface area (Å²) in [4.78, 5) is 21.6. The molecule has 2 atom stereocenters. The highest BCUT2D eigenvalue weighted by Crippen LogP contribution is 2.31. The smallest absolute Gasteiger partial charge is 0.338 e. The molecule has 0 aromatic heterocycles. The number of methoxy groups -OCH3 is 1. The summed E-state index contributed by atoms with van der Waals surface area (Å²) < 4.78 is 9.39. The lowest BCUT2D eigenvalue weighted by Crippen LogP contribution is -2.30. The number of hydrogen-bond acceptors (Lipinski definition) is 7. The van der Waals surface area contributed by atoms with Gasteiger partial charge in [-0.25, -0.2) is 4.79 Å². The highest BCUT2D eigenvalue weighted by atomic mass is 16.6. The second kappa shape index (κ2) is 6.83. The van der Waals surface area contributed by atoms with E-state index in [4.69, 9.17) is 4.74 Å². The van der Waals surface area contributed by atoms with E-state index in [0.717, 1.165) is 6.07 Å². The fourth-order valence-corrected chi connectivity index (χ4v) is 1.59. The molecule has 1 aromatic carbocycles.